The highest BCUT2D eigenvalue weighted by Crippen LogP contribution is 2.34. The summed E-state index contributed by atoms with van der Waals surface area (Å²) in [6.07, 6.45) is 6.66. The summed E-state index contributed by atoms with van der Waals surface area (Å²) < 4.78 is 0. The molecular formula is C12H17BrS. The van der Waals surface area contributed by atoms with Gasteiger partial charge in [-0.15, -0.1) is 11.3 Å². The molecule has 0 amide bonds. The molecule has 78 valence electrons. The van der Waals surface area contributed by atoms with Gasteiger partial charge in [-0.2, -0.15) is 0 Å². The van der Waals surface area contributed by atoms with Crippen LogP contribution < -0.4 is 0 Å². The van der Waals surface area contributed by atoms with E-state index in [4.69, 9.17) is 0 Å². The molecule has 1 heterocycles. The third-order valence-corrected chi connectivity index (χ3v) is 5.12. The molecule has 0 aliphatic heterocycles. The molecule has 1 aliphatic rings. The summed E-state index contributed by atoms with van der Waals surface area (Å²) in [6.45, 7) is 2.24. The predicted octanol–water partition coefficient (Wildman–Crippen LogP) is 4.42. The Morgan fingerprint density at radius 1 is 1.36 bits per heavy atom. The van der Waals surface area contributed by atoms with E-state index in [0.29, 0.717) is 0 Å². The molecule has 2 rings (SSSR count). The first-order chi connectivity index (χ1) is 6.78. The van der Waals surface area contributed by atoms with Gasteiger partial charge in [-0.1, -0.05) is 22.9 Å². The fourth-order valence-corrected chi connectivity index (χ4v) is 4.07. The predicted molar refractivity (Wildman–Crippen MR) is 67.5 cm³/mol. The SMILES string of the molecule is CCc1ccc(CC2CCC(Br)C2)s1. The molecule has 1 fully saturated rings. The van der Waals surface area contributed by atoms with E-state index in [9.17, 15) is 0 Å². The fraction of sp³-hybridized carbons (Fsp3) is 0.667. The lowest BCUT2D eigenvalue weighted by Gasteiger charge is -2.06. The minimum absolute atomic E-state index is 0.790. The number of halogens is 1. The van der Waals surface area contributed by atoms with Gasteiger partial charge in [0.25, 0.3) is 0 Å². The Kier molecular flexibility index (Phi) is 3.67. The molecule has 14 heavy (non-hydrogen) atoms. The summed E-state index contributed by atoms with van der Waals surface area (Å²) in [4.78, 5) is 3.92. The largest absolute Gasteiger partial charge is 0.145 e. The van der Waals surface area contributed by atoms with E-state index in [-0.39, 0.29) is 0 Å². The molecular weight excluding hydrogens is 256 g/mol. The second-order valence-electron chi connectivity index (χ2n) is 4.20. The Hall–Kier alpha value is 0.180. The van der Waals surface area contributed by atoms with Crippen LogP contribution in [0.25, 0.3) is 0 Å². The van der Waals surface area contributed by atoms with Crippen LogP contribution in [0.3, 0.4) is 0 Å². The molecule has 0 saturated heterocycles. The van der Waals surface area contributed by atoms with Crippen LogP contribution in [0.2, 0.25) is 0 Å². The molecule has 1 saturated carbocycles. The third-order valence-electron chi connectivity index (χ3n) is 3.03. The number of hydrogen-bond acceptors (Lipinski definition) is 1. The first kappa shape index (κ1) is 10.7. The molecule has 1 aromatic rings. The van der Waals surface area contributed by atoms with Crippen LogP contribution in [-0.4, -0.2) is 4.83 Å². The lowest BCUT2D eigenvalue weighted by atomic mass is 10.0. The van der Waals surface area contributed by atoms with Crippen LogP contribution in [0.1, 0.15) is 35.9 Å². The lowest BCUT2D eigenvalue weighted by molar-refractivity contribution is 0.553. The van der Waals surface area contributed by atoms with Crippen LogP contribution >= 0.6 is 27.3 Å². The van der Waals surface area contributed by atoms with Gasteiger partial charge in [-0.05, 0) is 50.2 Å². The van der Waals surface area contributed by atoms with Crippen molar-refractivity contribution in [2.24, 2.45) is 5.92 Å². The molecule has 2 unspecified atom stereocenters. The highest BCUT2D eigenvalue weighted by Gasteiger charge is 2.22. The monoisotopic (exact) mass is 272 g/mol. The molecule has 2 heteroatoms. The molecule has 1 aromatic heterocycles. The number of alkyl halides is 1. The maximum Gasteiger partial charge on any atom is 0.0148 e. The number of hydrogen-bond donors (Lipinski definition) is 0. The number of aryl methyl sites for hydroxylation is 1. The maximum absolute atomic E-state index is 3.71. The molecule has 2 atom stereocenters. The van der Waals surface area contributed by atoms with Crippen LogP contribution in [0.5, 0.6) is 0 Å². The fourth-order valence-electron chi connectivity index (χ4n) is 2.21. The van der Waals surface area contributed by atoms with Crippen molar-refractivity contribution in [1.82, 2.24) is 0 Å². The van der Waals surface area contributed by atoms with Crippen molar-refractivity contribution in [3.63, 3.8) is 0 Å². The molecule has 0 spiro atoms. The standard InChI is InChI=1S/C12H17BrS/c1-2-11-5-6-12(14-11)8-9-3-4-10(13)7-9/h5-6,9-10H,2-4,7-8H2,1H3. The summed E-state index contributed by atoms with van der Waals surface area (Å²) in [6, 6.07) is 4.62. The zero-order chi connectivity index (χ0) is 9.97. The quantitative estimate of drug-likeness (QED) is 0.715. The van der Waals surface area contributed by atoms with Crippen molar-refractivity contribution in [2.45, 2.75) is 43.9 Å². The van der Waals surface area contributed by atoms with Gasteiger partial charge in [-0.3, -0.25) is 0 Å². The van der Waals surface area contributed by atoms with E-state index in [1.54, 1.807) is 4.88 Å². The Bertz CT molecular complexity index is 292. The average Bonchev–Trinajstić information content (AvgIpc) is 2.76. The smallest absolute Gasteiger partial charge is 0.0148 e. The molecule has 0 nitrogen and oxygen atoms in total. The first-order valence-corrected chi connectivity index (χ1v) is 7.22. The van der Waals surface area contributed by atoms with E-state index in [2.05, 4.69) is 35.0 Å². The van der Waals surface area contributed by atoms with E-state index >= 15 is 0 Å². The van der Waals surface area contributed by atoms with Gasteiger partial charge in [0.1, 0.15) is 0 Å². The Morgan fingerprint density at radius 2 is 2.14 bits per heavy atom. The van der Waals surface area contributed by atoms with E-state index in [0.717, 1.165) is 10.7 Å². The van der Waals surface area contributed by atoms with Gasteiger partial charge in [0.05, 0.1) is 0 Å². The average molecular weight is 273 g/mol. The van der Waals surface area contributed by atoms with E-state index < -0.39 is 0 Å². The minimum Gasteiger partial charge on any atom is -0.145 e. The number of thiophene rings is 1. The molecule has 0 aromatic carbocycles. The van der Waals surface area contributed by atoms with Gasteiger partial charge in [0, 0.05) is 14.6 Å². The second kappa shape index (κ2) is 4.80. The molecule has 0 N–H and O–H groups in total. The van der Waals surface area contributed by atoms with Gasteiger partial charge in [0.15, 0.2) is 0 Å². The van der Waals surface area contributed by atoms with Crippen molar-refractivity contribution in [1.29, 1.82) is 0 Å². The molecule has 0 radical (unpaired) electrons. The maximum atomic E-state index is 3.71. The van der Waals surface area contributed by atoms with Crippen molar-refractivity contribution in [3.8, 4) is 0 Å². The minimum atomic E-state index is 0.790. The van der Waals surface area contributed by atoms with Crippen LogP contribution in [0.15, 0.2) is 12.1 Å². The third kappa shape index (κ3) is 2.60. The summed E-state index contributed by atoms with van der Waals surface area (Å²) in [5.41, 5.74) is 0. The lowest BCUT2D eigenvalue weighted by Crippen LogP contribution is -1.98. The van der Waals surface area contributed by atoms with Crippen LogP contribution in [-0.2, 0) is 12.8 Å². The second-order valence-corrected chi connectivity index (χ2v) is 6.75. The summed E-state index contributed by atoms with van der Waals surface area (Å²) in [5, 5.41) is 0. The van der Waals surface area contributed by atoms with E-state index in [1.165, 1.54) is 37.0 Å². The van der Waals surface area contributed by atoms with Gasteiger partial charge in [-0.25, -0.2) is 0 Å². The zero-order valence-corrected chi connectivity index (χ0v) is 11.0. The summed E-state index contributed by atoms with van der Waals surface area (Å²) in [7, 11) is 0. The van der Waals surface area contributed by atoms with Crippen LogP contribution in [0, 0.1) is 5.92 Å². The first-order valence-electron chi connectivity index (χ1n) is 5.49. The van der Waals surface area contributed by atoms with Crippen molar-refractivity contribution in [3.05, 3.63) is 21.9 Å². The highest BCUT2D eigenvalue weighted by atomic mass is 79.9. The topological polar surface area (TPSA) is 0 Å². The molecule has 1 aliphatic carbocycles. The highest BCUT2D eigenvalue weighted by molar-refractivity contribution is 9.09. The van der Waals surface area contributed by atoms with Crippen LogP contribution in [0.4, 0.5) is 0 Å². The van der Waals surface area contributed by atoms with Crippen molar-refractivity contribution < 1.29 is 0 Å². The van der Waals surface area contributed by atoms with Crippen molar-refractivity contribution >= 4 is 27.3 Å². The Labute approximate surface area is 98.9 Å². The Balaban J connectivity index is 1.90. The van der Waals surface area contributed by atoms with E-state index in [1.807, 2.05) is 11.3 Å². The summed E-state index contributed by atoms with van der Waals surface area (Å²) >= 11 is 5.72. The zero-order valence-electron chi connectivity index (χ0n) is 8.63. The Morgan fingerprint density at radius 3 is 2.71 bits per heavy atom. The van der Waals surface area contributed by atoms with Gasteiger partial charge in [0.2, 0.25) is 0 Å². The van der Waals surface area contributed by atoms with Gasteiger partial charge >= 0.3 is 0 Å². The summed E-state index contributed by atoms with van der Waals surface area (Å²) in [5.74, 6) is 0.933. The van der Waals surface area contributed by atoms with Gasteiger partial charge < -0.3 is 0 Å². The van der Waals surface area contributed by atoms with Crippen molar-refractivity contribution in [2.75, 3.05) is 0 Å². The normalized spacial score (nSPS) is 27.0. The number of rotatable bonds is 3. The molecule has 0 bridgehead atoms.